The number of hydrogen-bond donors (Lipinski definition) is 3. The van der Waals surface area contributed by atoms with Crippen LogP contribution in [0.5, 0.6) is 5.75 Å². The Hall–Kier alpha value is -5.98. The molecule has 3 N–H and O–H groups in total. The maximum atomic E-state index is 15.3. The quantitative estimate of drug-likeness (QED) is 0.0925. The van der Waals surface area contributed by atoms with Crippen LogP contribution in [0, 0.1) is 24.5 Å². The second-order valence-electron chi connectivity index (χ2n) is 18.9. The largest absolute Gasteiger partial charge is 0.492 e. The first-order chi connectivity index (χ1) is 33.5. The van der Waals surface area contributed by atoms with E-state index in [1.807, 2.05) is 22.8 Å². The number of piperidine rings is 2. The zero-order valence-corrected chi connectivity index (χ0v) is 42.3. The predicted molar refractivity (Wildman–Crippen MR) is 270 cm³/mol. The number of anilines is 6. The van der Waals surface area contributed by atoms with Crippen molar-refractivity contribution in [1.82, 2.24) is 34.9 Å². The van der Waals surface area contributed by atoms with Gasteiger partial charge in [0, 0.05) is 112 Å². The highest BCUT2D eigenvalue weighted by Gasteiger charge is 2.37. The fraction of sp³-hybridized carbons (Fsp3) is 0.449. The number of fused-ring (bicyclic) bond motifs is 1. The Morgan fingerprint density at radius 1 is 0.900 bits per heavy atom. The summed E-state index contributed by atoms with van der Waals surface area (Å²) < 4.78 is 52.3. The average Bonchev–Trinajstić information content (AvgIpc) is 3.83. The lowest BCUT2D eigenvalue weighted by Gasteiger charge is -2.44. The molecule has 4 saturated heterocycles. The maximum Gasteiger partial charge on any atom is 0.274 e. The number of amides is 3. The van der Waals surface area contributed by atoms with Gasteiger partial charge in [-0.3, -0.25) is 29.4 Å². The lowest BCUT2D eigenvalue weighted by atomic mass is 9.89. The number of benzene rings is 3. The Labute approximate surface area is 412 Å². The molecule has 0 radical (unpaired) electrons. The number of rotatable bonds is 12. The number of carbonyl (C=O) groups is 3. The van der Waals surface area contributed by atoms with E-state index < -0.39 is 36.5 Å². The Kier molecular flexibility index (Phi) is 14.0. The van der Waals surface area contributed by atoms with Crippen LogP contribution in [0.25, 0.3) is 10.8 Å². The molecule has 9 rings (SSSR count). The average molecular weight is 1040 g/mol. The van der Waals surface area contributed by atoms with Crippen LogP contribution >= 0.6 is 23.1 Å². The number of imide groups is 1. The zero-order valence-electron chi connectivity index (χ0n) is 39.9. The van der Waals surface area contributed by atoms with Gasteiger partial charge in [-0.15, -0.1) is 0 Å². The van der Waals surface area contributed by atoms with E-state index in [4.69, 9.17) is 9.72 Å². The van der Waals surface area contributed by atoms with Crippen molar-refractivity contribution in [3.05, 3.63) is 86.4 Å². The van der Waals surface area contributed by atoms with Crippen molar-refractivity contribution in [3.63, 3.8) is 0 Å². The van der Waals surface area contributed by atoms with E-state index >= 15 is 8.78 Å². The molecule has 4 aliphatic heterocycles. The second kappa shape index (κ2) is 20.0. The molecule has 2 aromatic heterocycles. The molecule has 2 unspecified atom stereocenters. The lowest BCUT2D eigenvalue weighted by molar-refractivity contribution is -0.137. The van der Waals surface area contributed by atoms with Crippen molar-refractivity contribution in [2.24, 2.45) is 13.0 Å². The van der Waals surface area contributed by atoms with Gasteiger partial charge in [0.1, 0.15) is 30.3 Å². The van der Waals surface area contributed by atoms with E-state index in [1.54, 1.807) is 44.9 Å². The fourth-order valence-corrected chi connectivity index (χ4v) is 12.2. The van der Waals surface area contributed by atoms with Gasteiger partial charge in [0.2, 0.25) is 23.7 Å². The van der Waals surface area contributed by atoms with E-state index in [0.29, 0.717) is 100 Å². The van der Waals surface area contributed by atoms with Crippen molar-refractivity contribution in [2.75, 3.05) is 92.7 Å². The summed E-state index contributed by atoms with van der Waals surface area (Å²) in [6.07, 6.45) is 5.77. The molecule has 6 heterocycles. The number of nitrogens with zero attached hydrogens (tertiary/aromatic N) is 8. The highest BCUT2D eigenvalue weighted by Crippen LogP contribution is 2.42. The van der Waals surface area contributed by atoms with Gasteiger partial charge in [-0.25, -0.2) is 18.4 Å². The smallest absolute Gasteiger partial charge is 0.274 e. The molecule has 2 atom stereocenters. The summed E-state index contributed by atoms with van der Waals surface area (Å²) in [7, 11) is -1.34. The van der Waals surface area contributed by atoms with Gasteiger partial charge in [-0.2, -0.15) is 10.1 Å². The SMILES string of the molecule is CCOc1cc(N2CCC(N3CCN(C(=O)C4CCN(c5cc(F)c(C6CCC(=O)NC6=O)c(F)c5)C4)CC3)CC2)c(C)cc1Nc1ncc(Br)c(Nc2ccc3c(=O)n(C)ncc3c2P(C)(C)=O)n1. The van der Waals surface area contributed by atoms with Crippen LogP contribution in [-0.2, 0) is 26.0 Å². The predicted octanol–water partition coefficient (Wildman–Crippen LogP) is 6.37. The molecule has 17 nitrogen and oxygen atoms in total. The normalized spacial score (nSPS) is 19.5. The molecule has 4 fully saturated rings. The first-order valence-corrected chi connectivity index (χ1v) is 27.1. The summed E-state index contributed by atoms with van der Waals surface area (Å²) in [5.74, 6) is -2.69. The summed E-state index contributed by atoms with van der Waals surface area (Å²) in [5, 5.41) is 14.5. The lowest BCUT2D eigenvalue weighted by Crippen LogP contribution is -2.55. The van der Waals surface area contributed by atoms with Crippen molar-refractivity contribution in [2.45, 2.75) is 57.9 Å². The van der Waals surface area contributed by atoms with Crippen LogP contribution in [0.15, 0.2) is 58.1 Å². The monoisotopic (exact) mass is 1040 g/mol. The molecule has 3 aromatic carbocycles. The molecular weight excluding hydrogens is 987 g/mol. The number of carbonyl (C=O) groups excluding carboxylic acids is 3. The molecule has 0 aliphatic carbocycles. The number of nitrogens with one attached hydrogen (secondary N) is 3. The molecule has 370 valence electrons. The fourth-order valence-electron chi connectivity index (χ4n) is 10.4. The standard InChI is InChI=1S/C49H57BrF2N11O6P/c1-6-69-41-24-40(28(2)21-39(41)56-49-53-26-35(50)45(58-49)55-38-9-7-32-34(44(38)70(4,5)68)25-54-59(3)48(32)67)61-15-12-30(13-16-61)60-17-19-62(20-18-60)47(66)29-11-14-63(27-29)31-22-36(51)43(37(52)23-31)33-8-10-42(64)57-46(33)65/h7,9,21-26,29-30,33H,6,8,10-20,27H2,1-5H3,(H,57,64,65)(H2,53,55,56,58). The number of piperazine rings is 1. The van der Waals surface area contributed by atoms with Gasteiger partial charge in [-0.1, -0.05) is 0 Å². The first-order valence-electron chi connectivity index (χ1n) is 23.7. The number of halogens is 3. The van der Waals surface area contributed by atoms with Gasteiger partial charge in [0.25, 0.3) is 5.56 Å². The number of hydrogen-bond acceptors (Lipinski definition) is 14. The molecular formula is C49H57BrF2N11O6P. The van der Waals surface area contributed by atoms with Gasteiger partial charge >= 0.3 is 0 Å². The Morgan fingerprint density at radius 2 is 1.61 bits per heavy atom. The highest BCUT2D eigenvalue weighted by atomic mass is 79.9. The number of aromatic nitrogens is 4. The third kappa shape index (κ3) is 9.99. The minimum Gasteiger partial charge on any atom is -0.492 e. The van der Waals surface area contributed by atoms with Crippen LogP contribution < -0.4 is 41.4 Å². The minimum atomic E-state index is -2.92. The minimum absolute atomic E-state index is 0.0214. The summed E-state index contributed by atoms with van der Waals surface area (Å²) >= 11 is 3.57. The molecule has 21 heteroatoms. The van der Waals surface area contributed by atoms with Crippen LogP contribution in [0.2, 0.25) is 0 Å². The van der Waals surface area contributed by atoms with E-state index in [2.05, 4.69) is 64.8 Å². The van der Waals surface area contributed by atoms with E-state index in [-0.39, 0.29) is 35.8 Å². The molecule has 0 saturated carbocycles. The molecule has 5 aromatic rings. The van der Waals surface area contributed by atoms with E-state index in [9.17, 15) is 23.7 Å². The van der Waals surface area contributed by atoms with Crippen molar-refractivity contribution >= 4 is 91.4 Å². The molecule has 0 bridgehead atoms. The zero-order chi connectivity index (χ0) is 49.6. The highest BCUT2D eigenvalue weighted by molar-refractivity contribution is 9.10. The summed E-state index contributed by atoms with van der Waals surface area (Å²) in [6, 6.07) is 10.4. The van der Waals surface area contributed by atoms with Crippen LogP contribution in [0.3, 0.4) is 0 Å². The number of ether oxygens (including phenoxy) is 1. The van der Waals surface area contributed by atoms with Crippen molar-refractivity contribution < 1.29 is 32.5 Å². The van der Waals surface area contributed by atoms with Crippen molar-refractivity contribution in [1.29, 1.82) is 0 Å². The molecule has 0 spiro atoms. The third-order valence-electron chi connectivity index (χ3n) is 14.0. The van der Waals surface area contributed by atoms with E-state index in [0.717, 1.165) is 50.3 Å². The third-order valence-corrected chi connectivity index (χ3v) is 16.1. The topological polar surface area (TPSA) is 187 Å². The summed E-state index contributed by atoms with van der Waals surface area (Å²) in [4.78, 5) is 68.5. The van der Waals surface area contributed by atoms with Crippen molar-refractivity contribution in [3.8, 4) is 5.75 Å². The Morgan fingerprint density at radius 3 is 2.30 bits per heavy atom. The van der Waals surface area contributed by atoms with Crippen LogP contribution in [0.1, 0.15) is 56.1 Å². The molecule has 4 aliphatic rings. The van der Waals surface area contributed by atoms with Gasteiger partial charge in [0.05, 0.1) is 45.9 Å². The summed E-state index contributed by atoms with van der Waals surface area (Å²) in [6.45, 7) is 13.1. The van der Waals surface area contributed by atoms with Gasteiger partial charge in [0.15, 0.2) is 0 Å². The summed E-state index contributed by atoms with van der Waals surface area (Å²) in [5.41, 5.74) is 3.12. The molecule has 70 heavy (non-hydrogen) atoms. The van der Waals surface area contributed by atoms with Gasteiger partial charge in [-0.05, 0) is 105 Å². The first kappa shape index (κ1) is 49.0. The molecule has 3 amide bonds. The Bertz CT molecular complexity index is 2970. The maximum absolute atomic E-state index is 15.3. The Balaban J connectivity index is 0.798. The van der Waals surface area contributed by atoms with Crippen LogP contribution in [-0.4, -0.2) is 126 Å². The van der Waals surface area contributed by atoms with E-state index in [1.165, 1.54) is 16.8 Å². The van der Waals surface area contributed by atoms with Gasteiger partial charge < -0.3 is 34.6 Å². The second-order valence-corrected chi connectivity index (χ2v) is 22.9. The number of aryl methyl sites for hydroxylation is 2. The van der Waals surface area contributed by atoms with Crippen LogP contribution in [0.4, 0.5) is 43.3 Å².